The molecule has 0 fully saturated rings. The zero-order valence-electron chi connectivity index (χ0n) is 17.8. The van der Waals surface area contributed by atoms with Crippen LogP contribution in [0.2, 0.25) is 0 Å². The van der Waals surface area contributed by atoms with Crippen LogP contribution in [-0.4, -0.2) is 19.3 Å². The standard InChI is InChI=1S/C26H19N3O3S2/c30-25(18-9-8-10-19(17-18)29-34(31,32)20-11-2-1-3-12-20)27-22-14-5-4-13-21(22)26-28-23-15-6-7-16-24(23)33-26/h1-17,29H,(H,27,30). The van der Waals surface area contributed by atoms with Crippen molar-refractivity contribution in [3.63, 3.8) is 0 Å². The van der Waals surface area contributed by atoms with E-state index in [0.717, 1.165) is 20.8 Å². The number of sulfonamides is 1. The number of para-hydroxylation sites is 2. The van der Waals surface area contributed by atoms with Crippen LogP contribution >= 0.6 is 11.3 Å². The van der Waals surface area contributed by atoms with Crippen molar-refractivity contribution in [3.05, 3.63) is 109 Å². The van der Waals surface area contributed by atoms with Crippen molar-refractivity contribution in [3.8, 4) is 10.6 Å². The summed E-state index contributed by atoms with van der Waals surface area (Å²) < 4.78 is 28.9. The monoisotopic (exact) mass is 485 g/mol. The number of fused-ring (bicyclic) bond motifs is 1. The Morgan fingerprint density at radius 3 is 2.35 bits per heavy atom. The molecule has 5 aromatic rings. The summed E-state index contributed by atoms with van der Waals surface area (Å²) in [6, 6.07) is 29.8. The lowest BCUT2D eigenvalue weighted by Gasteiger charge is -2.11. The van der Waals surface area contributed by atoms with E-state index in [1.165, 1.54) is 18.2 Å². The predicted molar refractivity (Wildman–Crippen MR) is 137 cm³/mol. The third kappa shape index (κ3) is 4.54. The summed E-state index contributed by atoms with van der Waals surface area (Å²) >= 11 is 1.56. The molecule has 8 heteroatoms. The molecule has 2 N–H and O–H groups in total. The summed E-state index contributed by atoms with van der Waals surface area (Å²) in [5.41, 5.74) is 2.98. The van der Waals surface area contributed by atoms with E-state index in [9.17, 15) is 13.2 Å². The Hall–Kier alpha value is -4.01. The van der Waals surface area contributed by atoms with Crippen molar-refractivity contribution >= 4 is 48.9 Å². The number of carbonyl (C=O) groups excluding carboxylic acids is 1. The minimum Gasteiger partial charge on any atom is -0.321 e. The molecule has 0 saturated carbocycles. The number of hydrogen-bond donors (Lipinski definition) is 2. The Morgan fingerprint density at radius 1 is 0.794 bits per heavy atom. The van der Waals surface area contributed by atoms with Gasteiger partial charge in [0.05, 0.1) is 20.8 Å². The van der Waals surface area contributed by atoms with Gasteiger partial charge in [-0.1, -0.05) is 48.5 Å². The van der Waals surface area contributed by atoms with Gasteiger partial charge in [-0.25, -0.2) is 13.4 Å². The van der Waals surface area contributed by atoms with Gasteiger partial charge in [-0.2, -0.15) is 0 Å². The summed E-state index contributed by atoms with van der Waals surface area (Å²) in [4.78, 5) is 17.9. The van der Waals surface area contributed by atoms with Gasteiger partial charge in [0, 0.05) is 16.8 Å². The smallest absolute Gasteiger partial charge is 0.261 e. The molecule has 0 radical (unpaired) electrons. The van der Waals surface area contributed by atoms with Gasteiger partial charge < -0.3 is 5.32 Å². The van der Waals surface area contributed by atoms with Crippen LogP contribution in [0.4, 0.5) is 11.4 Å². The van der Waals surface area contributed by atoms with Crippen molar-refractivity contribution in [1.82, 2.24) is 4.98 Å². The second kappa shape index (κ2) is 9.09. The van der Waals surface area contributed by atoms with Crippen LogP contribution < -0.4 is 10.0 Å². The first-order chi connectivity index (χ1) is 16.5. The molecule has 0 aliphatic rings. The zero-order chi connectivity index (χ0) is 23.5. The predicted octanol–water partition coefficient (Wildman–Crippen LogP) is 6.02. The molecule has 1 heterocycles. The van der Waals surface area contributed by atoms with E-state index < -0.39 is 10.0 Å². The van der Waals surface area contributed by atoms with E-state index in [1.54, 1.807) is 47.7 Å². The van der Waals surface area contributed by atoms with Gasteiger partial charge in [-0.15, -0.1) is 11.3 Å². The van der Waals surface area contributed by atoms with E-state index in [-0.39, 0.29) is 10.8 Å². The lowest BCUT2D eigenvalue weighted by molar-refractivity contribution is 0.102. The Bertz CT molecular complexity index is 1560. The van der Waals surface area contributed by atoms with E-state index in [4.69, 9.17) is 4.98 Å². The molecule has 6 nitrogen and oxygen atoms in total. The average molecular weight is 486 g/mol. The van der Waals surface area contributed by atoms with Crippen molar-refractivity contribution in [1.29, 1.82) is 0 Å². The Morgan fingerprint density at radius 2 is 1.53 bits per heavy atom. The molecular weight excluding hydrogens is 466 g/mol. The first-order valence-electron chi connectivity index (χ1n) is 10.4. The second-order valence-electron chi connectivity index (χ2n) is 7.49. The van der Waals surface area contributed by atoms with Gasteiger partial charge >= 0.3 is 0 Å². The minimum atomic E-state index is -3.76. The van der Waals surface area contributed by atoms with Crippen LogP contribution in [0, 0.1) is 0 Å². The third-order valence-electron chi connectivity index (χ3n) is 5.13. The summed E-state index contributed by atoms with van der Waals surface area (Å²) in [5.74, 6) is -0.352. The van der Waals surface area contributed by atoms with Gasteiger partial charge in [-0.05, 0) is 54.6 Å². The fourth-order valence-electron chi connectivity index (χ4n) is 3.50. The summed E-state index contributed by atoms with van der Waals surface area (Å²) in [6.07, 6.45) is 0. The van der Waals surface area contributed by atoms with Gasteiger partial charge in [0.25, 0.3) is 15.9 Å². The van der Waals surface area contributed by atoms with Crippen LogP contribution in [0.3, 0.4) is 0 Å². The van der Waals surface area contributed by atoms with Crippen molar-refractivity contribution < 1.29 is 13.2 Å². The lowest BCUT2D eigenvalue weighted by atomic mass is 10.1. The molecule has 0 bridgehead atoms. The van der Waals surface area contributed by atoms with Crippen LogP contribution in [0.1, 0.15) is 10.4 Å². The first kappa shape index (κ1) is 21.8. The Kier molecular flexibility index (Phi) is 5.83. The highest BCUT2D eigenvalue weighted by Crippen LogP contribution is 2.34. The van der Waals surface area contributed by atoms with Crippen LogP contribution in [-0.2, 0) is 10.0 Å². The number of carbonyl (C=O) groups is 1. The number of amides is 1. The maximum absolute atomic E-state index is 13.1. The summed E-state index contributed by atoms with van der Waals surface area (Å²) in [6.45, 7) is 0. The molecule has 1 amide bonds. The molecule has 0 saturated heterocycles. The van der Waals surface area contributed by atoms with E-state index in [0.29, 0.717) is 16.9 Å². The molecule has 34 heavy (non-hydrogen) atoms. The summed E-state index contributed by atoms with van der Waals surface area (Å²) in [5, 5.41) is 3.75. The van der Waals surface area contributed by atoms with Crippen molar-refractivity contribution in [2.24, 2.45) is 0 Å². The molecule has 0 spiro atoms. The SMILES string of the molecule is O=C(Nc1ccccc1-c1nc2ccccc2s1)c1cccc(NS(=O)(=O)c2ccccc2)c1. The van der Waals surface area contributed by atoms with E-state index in [1.807, 2.05) is 48.5 Å². The number of nitrogens with zero attached hydrogens (tertiary/aromatic N) is 1. The molecule has 0 aliphatic heterocycles. The summed E-state index contributed by atoms with van der Waals surface area (Å²) in [7, 11) is -3.76. The number of nitrogens with one attached hydrogen (secondary N) is 2. The molecule has 0 unspecified atom stereocenters. The average Bonchev–Trinajstić information content (AvgIpc) is 3.29. The van der Waals surface area contributed by atoms with Crippen LogP contribution in [0.25, 0.3) is 20.8 Å². The molecular formula is C26H19N3O3S2. The van der Waals surface area contributed by atoms with Gasteiger partial charge in [0.2, 0.25) is 0 Å². The van der Waals surface area contributed by atoms with Gasteiger partial charge in [-0.3, -0.25) is 9.52 Å². The molecule has 0 aliphatic carbocycles. The zero-order valence-corrected chi connectivity index (χ0v) is 19.4. The normalized spacial score (nSPS) is 11.3. The Balaban J connectivity index is 1.40. The number of hydrogen-bond acceptors (Lipinski definition) is 5. The third-order valence-corrected chi connectivity index (χ3v) is 7.60. The van der Waals surface area contributed by atoms with E-state index in [2.05, 4.69) is 10.0 Å². The maximum Gasteiger partial charge on any atom is 0.261 e. The van der Waals surface area contributed by atoms with Crippen molar-refractivity contribution in [2.75, 3.05) is 10.0 Å². The number of benzene rings is 4. The van der Waals surface area contributed by atoms with Crippen molar-refractivity contribution in [2.45, 2.75) is 4.90 Å². The second-order valence-corrected chi connectivity index (χ2v) is 10.2. The quantitative estimate of drug-likeness (QED) is 0.308. The highest BCUT2D eigenvalue weighted by Gasteiger charge is 2.16. The van der Waals surface area contributed by atoms with E-state index >= 15 is 0 Å². The molecule has 0 atom stereocenters. The number of rotatable bonds is 6. The Labute approximate surface area is 201 Å². The minimum absolute atomic E-state index is 0.148. The number of thiazole rings is 1. The fraction of sp³-hybridized carbons (Fsp3) is 0. The first-order valence-corrected chi connectivity index (χ1v) is 12.7. The number of aromatic nitrogens is 1. The highest BCUT2D eigenvalue weighted by atomic mass is 32.2. The number of anilines is 2. The van der Waals surface area contributed by atoms with Gasteiger partial charge in [0.15, 0.2) is 0 Å². The molecule has 1 aromatic heterocycles. The molecule has 168 valence electrons. The molecule has 5 rings (SSSR count). The van der Waals surface area contributed by atoms with Crippen LogP contribution in [0.5, 0.6) is 0 Å². The largest absolute Gasteiger partial charge is 0.321 e. The van der Waals surface area contributed by atoms with Crippen LogP contribution in [0.15, 0.2) is 108 Å². The highest BCUT2D eigenvalue weighted by molar-refractivity contribution is 7.92. The van der Waals surface area contributed by atoms with Gasteiger partial charge in [0.1, 0.15) is 5.01 Å². The molecule has 4 aromatic carbocycles. The fourth-order valence-corrected chi connectivity index (χ4v) is 5.57. The topological polar surface area (TPSA) is 88.2 Å². The maximum atomic E-state index is 13.1. The lowest BCUT2D eigenvalue weighted by Crippen LogP contribution is -2.15.